The second-order valence-corrected chi connectivity index (χ2v) is 7.63. The summed E-state index contributed by atoms with van der Waals surface area (Å²) in [7, 11) is 6.04. The summed E-state index contributed by atoms with van der Waals surface area (Å²) in [6, 6.07) is 0. The summed E-state index contributed by atoms with van der Waals surface area (Å²) in [5, 5.41) is 3.12. The third-order valence-corrected chi connectivity index (χ3v) is 5.38. The average molecular weight is 342 g/mol. The van der Waals surface area contributed by atoms with Crippen molar-refractivity contribution >= 4 is 46.0 Å². The average Bonchev–Trinajstić information content (AvgIpc) is 2.94. The molecule has 2 heterocycles. The van der Waals surface area contributed by atoms with Gasteiger partial charge in [0.05, 0.1) is 9.93 Å². The zero-order chi connectivity index (χ0) is 15.4. The Hall–Kier alpha value is -0.760. The van der Waals surface area contributed by atoms with E-state index in [-0.39, 0.29) is 5.91 Å². The van der Waals surface area contributed by atoms with Gasteiger partial charge in [0.25, 0.3) is 5.91 Å². The smallest absolute Gasteiger partial charge is 0.266 e. The molecule has 1 saturated heterocycles. The van der Waals surface area contributed by atoms with Crippen LogP contribution in [0.25, 0.3) is 0 Å². The van der Waals surface area contributed by atoms with Gasteiger partial charge in [0, 0.05) is 19.8 Å². The van der Waals surface area contributed by atoms with Crippen LogP contribution in [-0.4, -0.2) is 59.2 Å². The van der Waals surface area contributed by atoms with E-state index in [0.717, 1.165) is 18.0 Å². The molecule has 0 N–H and O–H groups in total. The lowest BCUT2D eigenvalue weighted by Crippen LogP contribution is -2.30. The molecule has 1 amide bonds. The van der Waals surface area contributed by atoms with Gasteiger partial charge in [-0.3, -0.25) is 9.69 Å². The third kappa shape index (κ3) is 4.35. The van der Waals surface area contributed by atoms with Crippen molar-refractivity contribution in [3.8, 4) is 0 Å². The standard InChI is InChI=1S/C14H19N3OS3/c1-15(2)7-4-8-17-13(18)11(21-14(17)19)5-6-12-16(3)9-10-20-12/h5-6,9-10H,4,7-8H2,1-3H3. The number of nitrogens with zero attached hydrogens (tertiary/aromatic N) is 3. The van der Waals surface area contributed by atoms with Crippen LogP contribution in [0, 0.1) is 0 Å². The Morgan fingerprint density at radius 1 is 1.38 bits per heavy atom. The predicted molar refractivity (Wildman–Crippen MR) is 95.7 cm³/mol. The maximum atomic E-state index is 12.3. The van der Waals surface area contributed by atoms with Crippen molar-refractivity contribution in [3.05, 3.63) is 33.7 Å². The van der Waals surface area contributed by atoms with E-state index < -0.39 is 0 Å². The molecule has 0 radical (unpaired) electrons. The van der Waals surface area contributed by atoms with Crippen molar-refractivity contribution in [3.63, 3.8) is 0 Å². The van der Waals surface area contributed by atoms with E-state index in [1.165, 1.54) is 11.8 Å². The molecule has 0 unspecified atom stereocenters. The highest BCUT2D eigenvalue weighted by atomic mass is 32.2. The highest BCUT2D eigenvalue weighted by Gasteiger charge is 2.31. The predicted octanol–water partition coefficient (Wildman–Crippen LogP) is 2.67. The Morgan fingerprint density at radius 2 is 2.14 bits per heavy atom. The van der Waals surface area contributed by atoms with Crippen LogP contribution in [0.4, 0.5) is 0 Å². The van der Waals surface area contributed by atoms with Crippen LogP contribution in [0.3, 0.4) is 0 Å². The molecule has 0 aromatic heterocycles. The number of carbonyl (C=O) groups excluding carboxylic acids is 1. The maximum absolute atomic E-state index is 12.3. The molecule has 1 fully saturated rings. The number of amides is 1. The van der Waals surface area contributed by atoms with Crippen molar-refractivity contribution in [1.82, 2.24) is 14.7 Å². The fraction of sp³-hybridized carbons (Fsp3) is 0.429. The first-order chi connectivity index (χ1) is 9.99. The fourth-order valence-corrected chi connectivity index (χ4v) is 3.91. The van der Waals surface area contributed by atoms with E-state index in [1.807, 2.05) is 49.8 Å². The van der Waals surface area contributed by atoms with Crippen LogP contribution in [0.1, 0.15) is 6.42 Å². The van der Waals surface area contributed by atoms with Crippen LogP contribution in [0.15, 0.2) is 33.7 Å². The highest BCUT2D eigenvalue weighted by Crippen LogP contribution is 2.33. The maximum Gasteiger partial charge on any atom is 0.266 e. The van der Waals surface area contributed by atoms with Crippen molar-refractivity contribution in [2.24, 2.45) is 0 Å². The topological polar surface area (TPSA) is 26.8 Å². The quantitative estimate of drug-likeness (QED) is 0.564. The number of thiocarbonyl (C=S) groups is 1. The molecular formula is C14H19N3OS3. The Balaban J connectivity index is 1.97. The molecule has 2 aliphatic heterocycles. The first-order valence-electron chi connectivity index (χ1n) is 6.65. The minimum atomic E-state index is 0.0271. The van der Waals surface area contributed by atoms with Gasteiger partial charge in [0.2, 0.25) is 0 Å². The molecule has 0 spiro atoms. The zero-order valence-corrected chi connectivity index (χ0v) is 14.9. The molecule has 0 saturated carbocycles. The summed E-state index contributed by atoms with van der Waals surface area (Å²) in [6.45, 7) is 1.64. The molecule has 2 rings (SSSR count). The van der Waals surface area contributed by atoms with E-state index in [9.17, 15) is 4.79 Å². The Morgan fingerprint density at radius 3 is 2.76 bits per heavy atom. The minimum Gasteiger partial charge on any atom is -0.345 e. The van der Waals surface area contributed by atoms with Gasteiger partial charge in [-0.15, -0.1) is 0 Å². The van der Waals surface area contributed by atoms with E-state index in [4.69, 9.17) is 12.2 Å². The lowest BCUT2D eigenvalue weighted by atomic mass is 10.3. The van der Waals surface area contributed by atoms with Crippen LogP contribution in [0.5, 0.6) is 0 Å². The Bertz CT molecular complexity index is 526. The van der Waals surface area contributed by atoms with Crippen molar-refractivity contribution < 1.29 is 4.79 Å². The van der Waals surface area contributed by atoms with Gasteiger partial charge in [-0.2, -0.15) is 0 Å². The summed E-state index contributed by atoms with van der Waals surface area (Å²) in [6.07, 6.45) is 6.76. The highest BCUT2D eigenvalue weighted by molar-refractivity contribution is 8.26. The van der Waals surface area contributed by atoms with Gasteiger partial charge >= 0.3 is 0 Å². The molecule has 0 aromatic rings. The van der Waals surface area contributed by atoms with E-state index >= 15 is 0 Å². The molecule has 0 aliphatic carbocycles. The lowest BCUT2D eigenvalue weighted by molar-refractivity contribution is -0.122. The molecular weight excluding hydrogens is 322 g/mol. The number of hydrogen-bond acceptors (Lipinski definition) is 6. The molecule has 7 heteroatoms. The second-order valence-electron chi connectivity index (χ2n) is 5.03. The summed E-state index contributed by atoms with van der Waals surface area (Å²) >= 11 is 8.34. The molecule has 4 nitrogen and oxygen atoms in total. The van der Waals surface area contributed by atoms with Crippen molar-refractivity contribution in [2.75, 3.05) is 34.2 Å². The van der Waals surface area contributed by atoms with Gasteiger partial charge in [-0.1, -0.05) is 35.7 Å². The van der Waals surface area contributed by atoms with Crippen LogP contribution >= 0.6 is 35.7 Å². The summed E-state index contributed by atoms with van der Waals surface area (Å²) in [4.78, 5) is 18.9. The van der Waals surface area contributed by atoms with Crippen LogP contribution in [-0.2, 0) is 4.79 Å². The molecule has 114 valence electrons. The number of allylic oxidation sites excluding steroid dienone is 2. The van der Waals surface area contributed by atoms with Crippen LogP contribution in [0.2, 0.25) is 0 Å². The molecule has 0 aromatic carbocycles. The molecule has 2 aliphatic rings. The lowest BCUT2D eigenvalue weighted by Gasteiger charge is -2.16. The third-order valence-electron chi connectivity index (χ3n) is 3.06. The summed E-state index contributed by atoms with van der Waals surface area (Å²) in [5.74, 6) is 0.0271. The first-order valence-corrected chi connectivity index (χ1v) is 8.76. The molecule has 0 atom stereocenters. The zero-order valence-electron chi connectivity index (χ0n) is 12.4. The molecule has 0 bridgehead atoms. The van der Waals surface area contributed by atoms with E-state index in [2.05, 4.69) is 4.90 Å². The largest absolute Gasteiger partial charge is 0.345 e. The van der Waals surface area contributed by atoms with E-state index in [1.54, 1.807) is 16.7 Å². The van der Waals surface area contributed by atoms with Gasteiger partial charge in [-0.25, -0.2) is 0 Å². The van der Waals surface area contributed by atoms with Crippen molar-refractivity contribution in [1.29, 1.82) is 0 Å². The second kappa shape index (κ2) is 7.49. The molecule has 21 heavy (non-hydrogen) atoms. The monoisotopic (exact) mass is 341 g/mol. The SMILES string of the molecule is CN(C)CCCN1C(=O)C(=CC=C2SC=CN2C)SC1=S. The summed E-state index contributed by atoms with van der Waals surface area (Å²) < 4.78 is 0.661. The fourth-order valence-electron chi connectivity index (χ4n) is 1.90. The van der Waals surface area contributed by atoms with Gasteiger partial charge in [-0.05, 0) is 44.6 Å². The van der Waals surface area contributed by atoms with Gasteiger partial charge < -0.3 is 9.80 Å². The normalized spacial score (nSPS) is 22.7. The number of rotatable bonds is 5. The number of hydrogen-bond donors (Lipinski definition) is 0. The number of thioether (sulfide) groups is 2. The Kier molecular flexibility index (Phi) is 5.92. The summed E-state index contributed by atoms with van der Waals surface area (Å²) in [5.41, 5.74) is 0. The van der Waals surface area contributed by atoms with Gasteiger partial charge in [0.1, 0.15) is 4.32 Å². The van der Waals surface area contributed by atoms with Crippen LogP contribution < -0.4 is 0 Å². The Labute approximate surface area is 139 Å². The number of carbonyl (C=O) groups is 1. The first kappa shape index (κ1) is 16.6. The minimum absolute atomic E-state index is 0.0271. The van der Waals surface area contributed by atoms with Crippen molar-refractivity contribution in [2.45, 2.75) is 6.42 Å². The van der Waals surface area contributed by atoms with Gasteiger partial charge in [0.15, 0.2) is 0 Å². The van der Waals surface area contributed by atoms with E-state index in [0.29, 0.717) is 15.8 Å².